The largest absolute Gasteiger partial charge is 0.401 e. The van der Waals surface area contributed by atoms with E-state index in [-0.39, 0.29) is 5.41 Å². The van der Waals surface area contributed by atoms with Crippen molar-refractivity contribution in [1.29, 1.82) is 0 Å². The summed E-state index contributed by atoms with van der Waals surface area (Å²) in [5.74, 6) is 0. The van der Waals surface area contributed by atoms with Crippen LogP contribution in [-0.2, 0) is 0 Å². The lowest BCUT2D eigenvalue weighted by Crippen LogP contribution is -2.42. The Morgan fingerprint density at radius 2 is 1.75 bits per heavy atom. The SMILES string of the molecule is CN(CC(F)(F)F)CC(C)(C)CNC1CC1. The first-order valence-corrected chi connectivity index (χ1v) is 5.67. The Morgan fingerprint density at radius 3 is 2.19 bits per heavy atom. The van der Waals surface area contributed by atoms with Gasteiger partial charge in [-0.05, 0) is 25.3 Å². The lowest BCUT2D eigenvalue weighted by atomic mass is 9.92. The van der Waals surface area contributed by atoms with Crippen LogP contribution in [0.5, 0.6) is 0 Å². The average molecular weight is 238 g/mol. The van der Waals surface area contributed by atoms with Gasteiger partial charge in [0.15, 0.2) is 0 Å². The van der Waals surface area contributed by atoms with E-state index in [1.165, 1.54) is 24.8 Å². The van der Waals surface area contributed by atoms with Gasteiger partial charge in [-0.1, -0.05) is 13.8 Å². The number of hydrogen-bond donors (Lipinski definition) is 1. The van der Waals surface area contributed by atoms with Gasteiger partial charge in [-0.3, -0.25) is 4.90 Å². The van der Waals surface area contributed by atoms with Crippen molar-refractivity contribution in [2.75, 3.05) is 26.7 Å². The number of rotatable bonds is 6. The van der Waals surface area contributed by atoms with Crippen molar-refractivity contribution in [1.82, 2.24) is 10.2 Å². The van der Waals surface area contributed by atoms with Gasteiger partial charge in [-0.15, -0.1) is 0 Å². The zero-order valence-electron chi connectivity index (χ0n) is 10.2. The molecule has 0 aromatic rings. The Balaban J connectivity index is 2.26. The van der Waals surface area contributed by atoms with Gasteiger partial charge in [0, 0.05) is 19.1 Å². The van der Waals surface area contributed by atoms with Crippen LogP contribution in [-0.4, -0.2) is 43.8 Å². The molecule has 0 aromatic heterocycles. The van der Waals surface area contributed by atoms with Crippen LogP contribution in [0.4, 0.5) is 13.2 Å². The Bertz CT molecular complexity index is 222. The van der Waals surface area contributed by atoms with Crippen LogP contribution in [0.25, 0.3) is 0 Å². The smallest absolute Gasteiger partial charge is 0.313 e. The molecule has 0 saturated heterocycles. The number of halogens is 3. The number of nitrogens with one attached hydrogen (secondary N) is 1. The van der Waals surface area contributed by atoms with Crippen molar-refractivity contribution in [3.63, 3.8) is 0 Å². The summed E-state index contributed by atoms with van der Waals surface area (Å²) in [6.07, 6.45) is -1.70. The van der Waals surface area contributed by atoms with Gasteiger partial charge in [-0.25, -0.2) is 0 Å². The van der Waals surface area contributed by atoms with Gasteiger partial charge in [0.1, 0.15) is 0 Å². The maximum absolute atomic E-state index is 12.1. The molecule has 1 saturated carbocycles. The van der Waals surface area contributed by atoms with E-state index in [1.54, 1.807) is 0 Å². The molecule has 1 N–H and O–H groups in total. The lowest BCUT2D eigenvalue weighted by molar-refractivity contribution is -0.145. The molecule has 1 fully saturated rings. The highest BCUT2D eigenvalue weighted by molar-refractivity contribution is 4.85. The molecular weight excluding hydrogens is 217 g/mol. The quantitative estimate of drug-likeness (QED) is 0.763. The molecule has 0 aromatic carbocycles. The second-order valence-electron chi connectivity index (χ2n) is 5.61. The van der Waals surface area contributed by atoms with Gasteiger partial charge >= 0.3 is 6.18 Å². The molecule has 0 atom stereocenters. The van der Waals surface area contributed by atoms with Crippen molar-refractivity contribution in [2.45, 2.75) is 38.9 Å². The highest BCUT2D eigenvalue weighted by Crippen LogP contribution is 2.23. The topological polar surface area (TPSA) is 15.3 Å². The summed E-state index contributed by atoms with van der Waals surface area (Å²) >= 11 is 0. The van der Waals surface area contributed by atoms with Crippen LogP contribution in [0.3, 0.4) is 0 Å². The summed E-state index contributed by atoms with van der Waals surface area (Å²) in [5, 5.41) is 3.36. The summed E-state index contributed by atoms with van der Waals surface area (Å²) in [6, 6.07) is 0.604. The molecule has 2 nitrogen and oxygen atoms in total. The Labute approximate surface area is 95.2 Å². The standard InChI is InChI=1S/C11H21F3N2/c1-10(2,6-15-9-4-5-9)7-16(3)8-11(12,13)14/h9,15H,4-8H2,1-3H3. The molecule has 16 heavy (non-hydrogen) atoms. The molecule has 1 aliphatic carbocycles. The van der Waals surface area contributed by atoms with Crippen LogP contribution >= 0.6 is 0 Å². The minimum atomic E-state index is -4.10. The fourth-order valence-electron chi connectivity index (χ4n) is 1.86. The second kappa shape index (κ2) is 4.92. The number of alkyl halides is 3. The minimum Gasteiger partial charge on any atom is -0.313 e. The molecule has 5 heteroatoms. The predicted octanol–water partition coefficient (Wildman–Crippen LogP) is 2.26. The summed E-state index contributed by atoms with van der Waals surface area (Å²) < 4.78 is 36.4. The Hall–Kier alpha value is -0.290. The molecule has 0 unspecified atom stereocenters. The van der Waals surface area contributed by atoms with E-state index in [4.69, 9.17) is 0 Å². The van der Waals surface area contributed by atoms with Crippen molar-refractivity contribution in [3.8, 4) is 0 Å². The van der Waals surface area contributed by atoms with Crippen LogP contribution in [0.2, 0.25) is 0 Å². The van der Waals surface area contributed by atoms with Crippen LogP contribution in [0.15, 0.2) is 0 Å². The molecule has 1 aliphatic rings. The van der Waals surface area contributed by atoms with E-state index in [1.807, 2.05) is 13.8 Å². The van der Waals surface area contributed by atoms with Gasteiger partial charge < -0.3 is 5.32 Å². The maximum Gasteiger partial charge on any atom is 0.401 e. The fraction of sp³-hybridized carbons (Fsp3) is 1.00. The van der Waals surface area contributed by atoms with Crippen LogP contribution in [0, 0.1) is 5.41 Å². The van der Waals surface area contributed by atoms with Crippen molar-refractivity contribution in [2.24, 2.45) is 5.41 Å². The lowest BCUT2D eigenvalue weighted by Gasteiger charge is -2.31. The third-order valence-electron chi connectivity index (χ3n) is 2.59. The summed E-state index contributed by atoms with van der Waals surface area (Å²) in [6.45, 7) is 4.39. The molecule has 0 spiro atoms. The first-order valence-electron chi connectivity index (χ1n) is 5.67. The second-order valence-corrected chi connectivity index (χ2v) is 5.61. The van der Waals surface area contributed by atoms with Gasteiger partial charge in [0.2, 0.25) is 0 Å². The summed E-state index contributed by atoms with van der Waals surface area (Å²) in [7, 11) is 1.52. The van der Waals surface area contributed by atoms with E-state index >= 15 is 0 Å². The third-order valence-corrected chi connectivity index (χ3v) is 2.59. The first kappa shape index (κ1) is 13.8. The van der Waals surface area contributed by atoms with Crippen molar-refractivity contribution in [3.05, 3.63) is 0 Å². The van der Waals surface area contributed by atoms with Crippen LogP contribution in [0.1, 0.15) is 26.7 Å². The van der Waals surface area contributed by atoms with Crippen LogP contribution < -0.4 is 5.32 Å². The van der Waals surface area contributed by atoms with Gasteiger partial charge in [0.25, 0.3) is 0 Å². The molecule has 0 aliphatic heterocycles. The van der Waals surface area contributed by atoms with E-state index in [2.05, 4.69) is 5.32 Å². The normalized spacial score (nSPS) is 18.2. The molecule has 0 amide bonds. The van der Waals surface area contributed by atoms with Gasteiger partial charge in [0.05, 0.1) is 6.54 Å². The fourth-order valence-corrected chi connectivity index (χ4v) is 1.86. The van der Waals surface area contributed by atoms with E-state index in [0.717, 1.165) is 6.54 Å². The van der Waals surface area contributed by atoms with E-state index in [9.17, 15) is 13.2 Å². The summed E-state index contributed by atoms with van der Waals surface area (Å²) in [4.78, 5) is 1.34. The Kier molecular flexibility index (Phi) is 4.23. The van der Waals surface area contributed by atoms with E-state index in [0.29, 0.717) is 12.6 Å². The van der Waals surface area contributed by atoms with E-state index < -0.39 is 12.7 Å². The van der Waals surface area contributed by atoms with Gasteiger partial charge in [-0.2, -0.15) is 13.2 Å². The molecule has 0 heterocycles. The number of nitrogens with zero attached hydrogens (tertiary/aromatic N) is 1. The highest BCUT2D eigenvalue weighted by Gasteiger charge is 2.32. The summed E-state index contributed by atoms with van der Waals surface area (Å²) in [5.41, 5.74) is -0.122. The molecule has 96 valence electrons. The molecule has 1 rings (SSSR count). The number of hydrogen-bond acceptors (Lipinski definition) is 2. The minimum absolute atomic E-state index is 0.122. The monoisotopic (exact) mass is 238 g/mol. The van der Waals surface area contributed by atoms with Crippen molar-refractivity contribution < 1.29 is 13.2 Å². The third kappa shape index (κ3) is 6.33. The Morgan fingerprint density at radius 1 is 1.19 bits per heavy atom. The zero-order valence-corrected chi connectivity index (χ0v) is 10.2. The van der Waals surface area contributed by atoms with Crippen molar-refractivity contribution >= 4 is 0 Å². The first-order chi connectivity index (χ1) is 7.18. The maximum atomic E-state index is 12.1. The molecular formula is C11H21F3N2. The average Bonchev–Trinajstić information content (AvgIpc) is 2.77. The molecule has 0 bridgehead atoms. The highest BCUT2D eigenvalue weighted by atomic mass is 19.4. The zero-order chi connectivity index (χ0) is 12.4. The molecule has 0 radical (unpaired) electrons. The predicted molar refractivity (Wildman–Crippen MR) is 58.4 cm³/mol.